The molecule has 0 saturated carbocycles. The summed E-state index contributed by atoms with van der Waals surface area (Å²) in [5.74, 6) is 1.62. The van der Waals surface area contributed by atoms with Gasteiger partial charge in [-0.1, -0.05) is 24.0 Å². The van der Waals surface area contributed by atoms with Gasteiger partial charge in [0.1, 0.15) is 6.10 Å². The normalized spacial score (nSPS) is 34.5. The molecular weight excluding hydrogens is 278 g/mol. The number of benzene rings is 1. The van der Waals surface area contributed by atoms with Gasteiger partial charge in [0, 0.05) is 11.6 Å². The Labute approximate surface area is 129 Å². The molecule has 1 fully saturated rings. The highest BCUT2D eigenvalue weighted by molar-refractivity contribution is 5.67. The van der Waals surface area contributed by atoms with E-state index >= 15 is 0 Å². The summed E-state index contributed by atoms with van der Waals surface area (Å²) in [5.41, 5.74) is 3.61. The second-order valence-electron chi connectivity index (χ2n) is 6.74. The molecule has 1 spiro atoms. The molecule has 5 rings (SSSR count). The molecule has 2 heterocycles. The predicted octanol–water partition coefficient (Wildman–Crippen LogP) is 1.14. The number of hydrogen-bond acceptors (Lipinski definition) is 4. The molecule has 0 aromatic heterocycles. The minimum Gasteiger partial charge on any atom is -0.873 e. The molecule has 0 unspecified atom stereocenters. The number of likely N-dealkylation sites (tertiary alicyclic amines) is 1. The van der Waals surface area contributed by atoms with Crippen LogP contribution in [-0.2, 0) is 11.8 Å². The SMILES string of the molecule is COc1ccc2c3c1O[C@H]1C([O-])=CC=C4[C@@H](C2)N(C)CC[C@]431. The number of ether oxygens (including phenoxy) is 2. The smallest absolute Gasteiger partial charge is 0.166 e. The van der Waals surface area contributed by atoms with Gasteiger partial charge in [0.15, 0.2) is 11.5 Å². The Hall–Kier alpha value is -1.94. The van der Waals surface area contributed by atoms with Gasteiger partial charge >= 0.3 is 0 Å². The molecule has 2 aliphatic heterocycles. The Kier molecular flexibility index (Phi) is 2.22. The van der Waals surface area contributed by atoms with Crippen LogP contribution in [0.3, 0.4) is 0 Å². The van der Waals surface area contributed by atoms with Crippen LogP contribution in [0.4, 0.5) is 0 Å². The highest BCUT2D eigenvalue weighted by atomic mass is 16.5. The average molecular weight is 296 g/mol. The Morgan fingerprint density at radius 3 is 3.05 bits per heavy atom. The van der Waals surface area contributed by atoms with E-state index in [1.54, 1.807) is 13.2 Å². The summed E-state index contributed by atoms with van der Waals surface area (Å²) in [5, 5.41) is 12.5. The van der Waals surface area contributed by atoms with Gasteiger partial charge in [-0.3, -0.25) is 4.90 Å². The molecule has 2 aliphatic carbocycles. The fourth-order valence-corrected chi connectivity index (χ4v) is 4.92. The molecule has 4 nitrogen and oxygen atoms in total. The molecule has 4 aliphatic rings. The van der Waals surface area contributed by atoms with Crippen LogP contribution in [0.1, 0.15) is 17.5 Å². The van der Waals surface area contributed by atoms with Crippen LogP contribution in [0.15, 0.2) is 35.6 Å². The van der Waals surface area contributed by atoms with E-state index in [9.17, 15) is 5.11 Å². The topological polar surface area (TPSA) is 44.8 Å². The molecule has 0 radical (unpaired) electrons. The third-order valence-electron chi connectivity index (χ3n) is 5.92. The number of likely N-dealkylation sites (N-methyl/N-ethyl adjacent to an activating group) is 1. The Bertz CT molecular complexity index is 751. The maximum Gasteiger partial charge on any atom is 0.166 e. The Morgan fingerprint density at radius 1 is 1.36 bits per heavy atom. The van der Waals surface area contributed by atoms with Gasteiger partial charge in [-0.2, -0.15) is 0 Å². The van der Waals surface area contributed by atoms with Crippen molar-refractivity contribution in [1.29, 1.82) is 0 Å². The zero-order valence-corrected chi connectivity index (χ0v) is 12.8. The largest absolute Gasteiger partial charge is 0.873 e. The fraction of sp³-hybridized carbons (Fsp3) is 0.444. The van der Waals surface area contributed by atoms with Crippen molar-refractivity contribution in [1.82, 2.24) is 4.90 Å². The summed E-state index contributed by atoms with van der Waals surface area (Å²) in [6, 6.07) is 4.49. The van der Waals surface area contributed by atoms with Crippen molar-refractivity contribution >= 4 is 0 Å². The number of nitrogens with zero attached hydrogens (tertiary/aromatic N) is 1. The zero-order valence-electron chi connectivity index (χ0n) is 12.8. The first-order valence-corrected chi connectivity index (χ1v) is 7.83. The van der Waals surface area contributed by atoms with Gasteiger partial charge in [0.25, 0.3) is 0 Å². The lowest BCUT2D eigenvalue weighted by Crippen LogP contribution is -2.59. The standard InChI is InChI=1S/C18H19NO3/c1-19-8-7-18-11-4-5-13(20)17(18)22-16-14(21-2)6-3-10(15(16)18)9-12(11)19/h3-6,12,17,20H,7-9H2,1-2H3/p-1/t12-,17+,18+/m1/s1. The van der Waals surface area contributed by atoms with Gasteiger partial charge in [-0.15, -0.1) is 0 Å². The fourth-order valence-electron chi connectivity index (χ4n) is 4.92. The van der Waals surface area contributed by atoms with Crippen molar-refractivity contribution in [3.05, 3.63) is 46.7 Å². The van der Waals surface area contributed by atoms with Gasteiger partial charge in [-0.25, -0.2) is 0 Å². The summed E-state index contributed by atoms with van der Waals surface area (Å²) in [6.07, 6.45) is 5.26. The summed E-state index contributed by atoms with van der Waals surface area (Å²) < 4.78 is 11.7. The summed E-state index contributed by atoms with van der Waals surface area (Å²) in [7, 11) is 3.83. The van der Waals surface area contributed by atoms with Crippen molar-refractivity contribution < 1.29 is 14.6 Å². The first kappa shape index (κ1) is 12.6. The highest BCUT2D eigenvalue weighted by Gasteiger charge is 2.60. The van der Waals surface area contributed by atoms with Gasteiger partial charge in [-0.05, 0) is 43.6 Å². The molecule has 1 saturated heterocycles. The van der Waals surface area contributed by atoms with Crippen molar-refractivity contribution in [2.24, 2.45) is 0 Å². The maximum absolute atomic E-state index is 12.5. The second kappa shape index (κ2) is 3.87. The molecule has 0 N–H and O–H groups in total. The van der Waals surface area contributed by atoms with E-state index in [4.69, 9.17) is 9.47 Å². The van der Waals surface area contributed by atoms with Crippen molar-refractivity contribution in [3.63, 3.8) is 0 Å². The molecule has 2 bridgehead atoms. The monoisotopic (exact) mass is 296 g/mol. The van der Waals surface area contributed by atoms with Crippen LogP contribution >= 0.6 is 0 Å². The average Bonchev–Trinajstić information content (AvgIpc) is 2.88. The van der Waals surface area contributed by atoms with Crippen LogP contribution in [0, 0.1) is 0 Å². The molecule has 4 heteroatoms. The first-order chi connectivity index (χ1) is 10.7. The molecule has 114 valence electrons. The van der Waals surface area contributed by atoms with E-state index in [0.29, 0.717) is 6.04 Å². The number of methoxy groups -OCH3 is 1. The molecule has 1 aromatic carbocycles. The van der Waals surface area contributed by atoms with Crippen LogP contribution < -0.4 is 14.6 Å². The van der Waals surface area contributed by atoms with Crippen molar-refractivity contribution in [2.75, 3.05) is 20.7 Å². The summed E-state index contributed by atoms with van der Waals surface area (Å²) in [6.45, 7) is 0.991. The minimum absolute atomic E-state index is 0.0816. The zero-order chi connectivity index (χ0) is 15.1. The van der Waals surface area contributed by atoms with E-state index in [1.807, 2.05) is 6.07 Å². The van der Waals surface area contributed by atoms with E-state index in [1.165, 1.54) is 16.7 Å². The van der Waals surface area contributed by atoms with Crippen molar-refractivity contribution in [3.8, 4) is 11.5 Å². The molecule has 22 heavy (non-hydrogen) atoms. The lowest BCUT2D eigenvalue weighted by atomic mass is 9.57. The Balaban J connectivity index is 1.86. The number of allylic oxidation sites excluding steroid dienone is 2. The Morgan fingerprint density at radius 2 is 2.23 bits per heavy atom. The first-order valence-electron chi connectivity index (χ1n) is 7.83. The van der Waals surface area contributed by atoms with Gasteiger partial charge in [0.05, 0.1) is 12.5 Å². The van der Waals surface area contributed by atoms with Crippen LogP contribution in [0.2, 0.25) is 0 Å². The van der Waals surface area contributed by atoms with E-state index in [-0.39, 0.29) is 11.2 Å². The maximum atomic E-state index is 12.5. The summed E-state index contributed by atoms with van der Waals surface area (Å²) in [4.78, 5) is 2.41. The molecular formula is C18H18NO3-. The third-order valence-corrected chi connectivity index (χ3v) is 5.92. The van der Waals surface area contributed by atoms with Crippen LogP contribution in [0.25, 0.3) is 0 Å². The number of hydrogen-bond donors (Lipinski definition) is 0. The second-order valence-corrected chi connectivity index (χ2v) is 6.74. The van der Waals surface area contributed by atoms with E-state index in [0.717, 1.165) is 30.9 Å². The lowest BCUT2D eigenvalue weighted by Gasteiger charge is -2.54. The summed E-state index contributed by atoms with van der Waals surface area (Å²) >= 11 is 0. The van der Waals surface area contributed by atoms with E-state index < -0.39 is 6.10 Å². The van der Waals surface area contributed by atoms with E-state index in [2.05, 4.69) is 24.1 Å². The third kappa shape index (κ3) is 1.20. The quantitative estimate of drug-likeness (QED) is 0.779. The van der Waals surface area contributed by atoms with Gasteiger partial charge < -0.3 is 14.6 Å². The van der Waals surface area contributed by atoms with Crippen LogP contribution in [0.5, 0.6) is 11.5 Å². The lowest BCUT2D eigenvalue weighted by molar-refractivity contribution is -0.321. The predicted molar refractivity (Wildman–Crippen MR) is 80.0 cm³/mol. The number of piperidine rings is 1. The minimum atomic E-state index is -0.408. The molecule has 1 aromatic rings. The van der Waals surface area contributed by atoms with Crippen molar-refractivity contribution in [2.45, 2.75) is 30.4 Å². The number of rotatable bonds is 1. The molecule has 3 atom stereocenters. The van der Waals surface area contributed by atoms with Gasteiger partial charge in [0.2, 0.25) is 0 Å². The highest BCUT2D eigenvalue weighted by Crippen LogP contribution is 2.61. The molecule has 0 amide bonds. The van der Waals surface area contributed by atoms with Crippen LogP contribution in [-0.4, -0.2) is 37.7 Å².